The van der Waals surface area contributed by atoms with Crippen LogP contribution in [0.25, 0.3) is 0 Å². The van der Waals surface area contributed by atoms with Crippen molar-refractivity contribution < 1.29 is 0 Å². The van der Waals surface area contributed by atoms with Gasteiger partial charge in [-0.2, -0.15) is 0 Å². The van der Waals surface area contributed by atoms with E-state index in [1.807, 2.05) is 24.3 Å². The molecule has 3 heteroatoms. The predicted octanol–water partition coefficient (Wildman–Crippen LogP) is 2.74. The molecule has 0 aromatic heterocycles. The predicted molar refractivity (Wildman–Crippen MR) is 62.8 cm³/mol. The first-order chi connectivity index (χ1) is 6.63. The topological polar surface area (TPSA) is 38.0 Å². The van der Waals surface area contributed by atoms with Crippen molar-refractivity contribution in [1.82, 2.24) is 0 Å². The fourth-order valence-electron chi connectivity index (χ4n) is 1.29. The molecule has 2 nitrogen and oxygen atoms in total. The highest BCUT2D eigenvalue weighted by atomic mass is 35.5. The molecule has 0 fully saturated rings. The normalized spacial score (nSPS) is 12.9. The van der Waals surface area contributed by atoms with Gasteiger partial charge < -0.3 is 11.1 Å². The molecule has 0 bridgehead atoms. The number of hydrogen-bond acceptors (Lipinski definition) is 2. The van der Waals surface area contributed by atoms with E-state index in [9.17, 15) is 0 Å². The van der Waals surface area contributed by atoms with E-state index in [0.29, 0.717) is 18.5 Å². The monoisotopic (exact) mass is 212 g/mol. The van der Waals surface area contributed by atoms with Crippen molar-refractivity contribution in [2.75, 3.05) is 11.9 Å². The smallest absolute Gasteiger partial charge is 0.0426 e. The third kappa shape index (κ3) is 3.20. The van der Waals surface area contributed by atoms with Crippen molar-refractivity contribution in [2.24, 2.45) is 11.7 Å². The van der Waals surface area contributed by atoms with Gasteiger partial charge in [0.05, 0.1) is 0 Å². The zero-order valence-electron chi connectivity index (χ0n) is 8.63. The van der Waals surface area contributed by atoms with E-state index in [1.165, 1.54) is 0 Å². The van der Waals surface area contributed by atoms with Crippen molar-refractivity contribution in [3.05, 3.63) is 29.3 Å². The lowest BCUT2D eigenvalue weighted by Gasteiger charge is -2.21. The first-order valence-corrected chi connectivity index (χ1v) is 5.23. The second-order valence-electron chi connectivity index (χ2n) is 3.74. The van der Waals surface area contributed by atoms with Gasteiger partial charge in [-0.25, -0.2) is 0 Å². The van der Waals surface area contributed by atoms with Crippen molar-refractivity contribution >= 4 is 17.3 Å². The molecule has 0 amide bonds. The van der Waals surface area contributed by atoms with E-state index in [1.54, 1.807) is 0 Å². The minimum atomic E-state index is 0.300. The molecule has 0 saturated carbocycles. The summed E-state index contributed by atoms with van der Waals surface area (Å²) >= 11 is 5.88. The van der Waals surface area contributed by atoms with Crippen molar-refractivity contribution in [2.45, 2.75) is 19.9 Å². The van der Waals surface area contributed by atoms with Crippen LogP contribution >= 0.6 is 11.6 Å². The third-order valence-corrected chi connectivity index (χ3v) is 2.47. The van der Waals surface area contributed by atoms with E-state index in [0.717, 1.165) is 10.7 Å². The highest BCUT2D eigenvalue weighted by Gasteiger charge is 2.10. The Morgan fingerprint density at radius 3 is 2.64 bits per heavy atom. The molecule has 14 heavy (non-hydrogen) atoms. The Kier molecular flexibility index (Phi) is 4.23. The van der Waals surface area contributed by atoms with Crippen molar-refractivity contribution in [3.63, 3.8) is 0 Å². The number of halogens is 1. The minimum Gasteiger partial charge on any atom is -0.381 e. The molecular formula is C11H17ClN2. The van der Waals surface area contributed by atoms with Crippen LogP contribution in [0.1, 0.15) is 13.8 Å². The number of rotatable bonds is 4. The maximum Gasteiger partial charge on any atom is 0.0426 e. The highest BCUT2D eigenvalue weighted by molar-refractivity contribution is 6.30. The summed E-state index contributed by atoms with van der Waals surface area (Å²) in [5.74, 6) is 0.513. The molecule has 0 aliphatic rings. The third-order valence-electron chi connectivity index (χ3n) is 2.24. The quantitative estimate of drug-likeness (QED) is 0.806. The van der Waals surface area contributed by atoms with Gasteiger partial charge in [-0.1, -0.05) is 31.5 Å². The Hall–Kier alpha value is -0.730. The van der Waals surface area contributed by atoms with Gasteiger partial charge in [0.2, 0.25) is 0 Å². The van der Waals surface area contributed by atoms with E-state index in [2.05, 4.69) is 19.2 Å². The fraction of sp³-hybridized carbons (Fsp3) is 0.455. The Labute approximate surface area is 90.4 Å². The zero-order chi connectivity index (χ0) is 10.6. The summed E-state index contributed by atoms with van der Waals surface area (Å²) in [6.45, 7) is 4.92. The van der Waals surface area contributed by atoms with Crippen LogP contribution in [0.2, 0.25) is 5.02 Å². The molecule has 78 valence electrons. The average molecular weight is 213 g/mol. The van der Waals surface area contributed by atoms with Crippen LogP contribution in [-0.4, -0.2) is 12.6 Å². The van der Waals surface area contributed by atoms with Gasteiger partial charge in [0, 0.05) is 23.3 Å². The van der Waals surface area contributed by atoms with Crippen molar-refractivity contribution in [1.29, 1.82) is 0 Å². The summed E-state index contributed by atoms with van der Waals surface area (Å²) in [7, 11) is 0. The second kappa shape index (κ2) is 5.23. The van der Waals surface area contributed by atoms with Gasteiger partial charge in [-0.3, -0.25) is 0 Å². The molecule has 0 saturated heterocycles. The van der Waals surface area contributed by atoms with Gasteiger partial charge in [-0.15, -0.1) is 0 Å². The Morgan fingerprint density at radius 2 is 2.14 bits per heavy atom. The Bertz CT molecular complexity index is 286. The molecule has 1 aromatic rings. The highest BCUT2D eigenvalue weighted by Crippen LogP contribution is 2.17. The lowest BCUT2D eigenvalue weighted by Crippen LogP contribution is -2.33. The summed E-state index contributed by atoms with van der Waals surface area (Å²) in [4.78, 5) is 0. The van der Waals surface area contributed by atoms with Gasteiger partial charge in [0.25, 0.3) is 0 Å². The molecule has 0 aliphatic carbocycles. The summed E-state index contributed by atoms with van der Waals surface area (Å²) in [5.41, 5.74) is 6.69. The molecular weight excluding hydrogens is 196 g/mol. The van der Waals surface area contributed by atoms with Crippen molar-refractivity contribution in [3.8, 4) is 0 Å². The SMILES string of the molecule is CC(C)C(CN)Nc1cccc(Cl)c1. The second-order valence-corrected chi connectivity index (χ2v) is 4.18. The molecule has 1 aromatic carbocycles. The first-order valence-electron chi connectivity index (χ1n) is 4.85. The van der Waals surface area contributed by atoms with Gasteiger partial charge >= 0.3 is 0 Å². The molecule has 0 spiro atoms. The molecule has 3 N–H and O–H groups in total. The minimum absolute atomic E-state index is 0.300. The van der Waals surface area contributed by atoms with Crippen LogP contribution in [0.5, 0.6) is 0 Å². The summed E-state index contributed by atoms with van der Waals surface area (Å²) in [6, 6.07) is 8.00. The van der Waals surface area contributed by atoms with E-state index in [-0.39, 0.29) is 0 Å². The van der Waals surface area contributed by atoms with Gasteiger partial charge in [0.15, 0.2) is 0 Å². The first kappa shape index (κ1) is 11.3. The lowest BCUT2D eigenvalue weighted by molar-refractivity contribution is 0.531. The molecule has 1 atom stereocenters. The van der Waals surface area contributed by atoms with E-state index in [4.69, 9.17) is 17.3 Å². The van der Waals surface area contributed by atoms with Crippen LogP contribution < -0.4 is 11.1 Å². The number of anilines is 1. The van der Waals surface area contributed by atoms with Crippen LogP contribution in [0.3, 0.4) is 0 Å². The number of nitrogens with one attached hydrogen (secondary N) is 1. The fourth-order valence-corrected chi connectivity index (χ4v) is 1.48. The maximum atomic E-state index is 5.88. The van der Waals surface area contributed by atoms with Crippen LogP contribution in [-0.2, 0) is 0 Å². The number of benzene rings is 1. The standard InChI is InChI=1S/C11H17ClN2/c1-8(2)11(7-13)14-10-5-3-4-9(12)6-10/h3-6,8,11,14H,7,13H2,1-2H3. The average Bonchev–Trinajstić information content (AvgIpc) is 2.14. The molecule has 0 aliphatic heterocycles. The maximum absolute atomic E-state index is 5.88. The number of nitrogens with two attached hydrogens (primary N) is 1. The summed E-state index contributed by atoms with van der Waals surface area (Å²) in [6.07, 6.45) is 0. The summed E-state index contributed by atoms with van der Waals surface area (Å²) in [5, 5.41) is 4.10. The van der Waals surface area contributed by atoms with Crippen LogP contribution in [0.4, 0.5) is 5.69 Å². The largest absolute Gasteiger partial charge is 0.381 e. The van der Waals surface area contributed by atoms with Crippen LogP contribution in [0, 0.1) is 5.92 Å². The van der Waals surface area contributed by atoms with Crippen LogP contribution in [0.15, 0.2) is 24.3 Å². The zero-order valence-corrected chi connectivity index (χ0v) is 9.38. The van der Waals surface area contributed by atoms with Gasteiger partial charge in [0.1, 0.15) is 0 Å². The molecule has 0 radical (unpaired) electrons. The van der Waals surface area contributed by atoms with E-state index < -0.39 is 0 Å². The Morgan fingerprint density at radius 1 is 1.43 bits per heavy atom. The van der Waals surface area contributed by atoms with E-state index >= 15 is 0 Å². The molecule has 1 rings (SSSR count). The molecule has 0 heterocycles. The lowest BCUT2D eigenvalue weighted by atomic mass is 10.0. The Balaban J connectivity index is 2.67. The van der Waals surface area contributed by atoms with Gasteiger partial charge in [-0.05, 0) is 24.1 Å². The summed E-state index contributed by atoms with van der Waals surface area (Å²) < 4.78 is 0. The molecule has 1 unspecified atom stereocenters. The number of hydrogen-bond donors (Lipinski definition) is 2.